The average Bonchev–Trinajstić information content (AvgIpc) is 3.25. The molecule has 0 aliphatic heterocycles. The van der Waals surface area contributed by atoms with Crippen molar-refractivity contribution in [3.05, 3.63) is 81.0 Å². The van der Waals surface area contributed by atoms with Crippen LogP contribution in [0, 0.1) is 0 Å². The lowest BCUT2D eigenvalue weighted by molar-refractivity contribution is 0.306. The summed E-state index contributed by atoms with van der Waals surface area (Å²) in [6.07, 6.45) is 1.48. The fraction of sp³-hybridized carbons (Fsp3) is 0.292. The second kappa shape index (κ2) is 9.04. The van der Waals surface area contributed by atoms with Crippen molar-refractivity contribution < 1.29 is 4.74 Å². The molecule has 0 saturated carbocycles. The number of fused-ring (bicyclic) bond motifs is 1. The van der Waals surface area contributed by atoms with Crippen LogP contribution >= 0.6 is 0 Å². The predicted molar refractivity (Wildman–Crippen MR) is 121 cm³/mol. The maximum absolute atomic E-state index is 12.9. The maximum Gasteiger partial charge on any atom is 0.332 e. The van der Waals surface area contributed by atoms with Crippen LogP contribution in [0.15, 0.2) is 64.2 Å². The molecule has 7 heteroatoms. The number of nitrogens with zero attached hydrogens (tertiary/aromatic N) is 3. The van der Waals surface area contributed by atoms with Crippen molar-refractivity contribution in [2.45, 2.75) is 46.4 Å². The van der Waals surface area contributed by atoms with Gasteiger partial charge >= 0.3 is 5.69 Å². The number of aromatic amines is 1. The third kappa shape index (κ3) is 4.17. The molecular formula is C24H26N4O3. The van der Waals surface area contributed by atoms with Crippen molar-refractivity contribution in [3.8, 4) is 17.1 Å². The highest BCUT2D eigenvalue weighted by molar-refractivity contribution is 5.75. The molecule has 4 aromatic rings. The number of benzene rings is 2. The number of H-pyrrole nitrogens is 1. The van der Waals surface area contributed by atoms with Gasteiger partial charge in [0.1, 0.15) is 23.7 Å². The number of hydrogen-bond donors (Lipinski definition) is 1. The Hall–Kier alpha value is -3.61. The minimum absolute atomic E-state index is 0.302. The Morgan fingerprint density at radius 3 is 2.26 bits per heavy atom. The van der Waals surface area contributed by atoms with Crippen molar-refractivity contribution in [2.24, 2.45) is 0 Å². The molecular weight excluding hydrogens is 392 g/mol. The fourth-order valence-electron chi connectivity index (χ4n) is 3.60. The summed E-state index contributed by atoms with van der Waals surface area (Å²) in [5.74, 6) is 1.30. The van der Waals surface area contributed by atoms with Gasteiger partial charge in [0.2, 0.25) is 0 Å². The quantitative estimate of drug-likeness (QED) is 0.470. The zero-order chi connectivity index (χ0) is 21.8. The molecule has 0 spiro atoms. The Labute approximate surface area is 180 Å². The lowest BCUT2D eigenvalue weighted by atomic mass is 10.2. The van der Waals surface area contributed by atoms with E-state index in [0.29, 0.717) is 43.1 Å². The Balaban J connectivity index is 1.66. The fourth-order valence-corrected chi connectivity index (χ4v) is 3.60. The standard InChI is InChI=1S/C24H26N4O3/c1-3-14-27-22-20(23(29)28(15-4-2)24(27)30)25-21(26-22)18-10-12-19(13-11-18)31-16-17-8-6-5-7-9-17/h5-13H,3-4,14-16H2,1-2H3,(H,25,26). The average molecular weight is 418 g/mol. The first kappa shape index (κ1) is 20.7. The molecule has 7 nitrogen and oxygen atoms in total. The van der Waals surface area contributed by atoms with Crippen molar-refractivity contribution in [1.82, 2.24) is 19.1 Å². The van der Waals surface area contributed by atoms with Crippen LogP contribution in [0.4, 0.5) is 0 Å². The van der Waals surface area contributed by atoms with Crippen molar-refractivity contribution in [3.63, 3.8) is 0 Å². The first-order valence-corrected chi connectivity index (χ1v) is 10.6. The molecule has 0 atom stereocenters. The number of imidazole rings is 1. The molecule has 160 valence electrons. The number of hydrogen-bond acceptors (Lipinski definition) is 4. The molecule has 2 aromatic heterocycles. The van der Waals surface area contributed by atoms with E-state index < -0.39 is 0 Å². The maximum atomic E-state index is 12.9. The van der Waals surface area contributed by atoms with Crippen molar-refractivity contribution >= 4 is 11.2 Å². The van der Waals surface area contributed by atoms with E-state index in [2.05, 4.69) is 9.97 Å². The van der Waals surface area contributed by atoms with Gasteiger partial charge in [0.15, 0.2) is 5.65 Å². The van der Waals surface area contributed by atoms with Crippen LogP contribution in [-0.4, -0.2) is 19.1 Å². The summed E-state index contributed by atoms with van der Waals surface area (Å²) in [6, 6.07) is 17.5. The zero-order valence-corrected chi connectivity index (χ0v) is 17.8. The molecule has 31 heavy (non-hydrogen) atoms. The summed E-state index contributed by atoms with van der Waals surface area (Å²) in [7, 11) is 0. The lowest BCUT2D eigenvalue weighted by Crippen LogP contribution is -2.40. The number of rotatable bonds is 8. The molecule has 0 aliphatic rings. The smallest absolute Gasteiger partial charge is 0.332 e. The highest BCUT2D eigenvalue weighted by Gasteiger charge is 2.17. The molecule has 0 amide bonds. The van der Waals surface area contributed by atoms with E-state index >= 15 is 0 Å². The molecule has 1 N–H and O–H groups in total. The Bertz CT molecular complexity index is 1280. The summed E-state index contributed by atoms with van der Waals surface area (Å²) in [5.41, 5.74) is 2.06. The third-order valence-electron chi connectivity index (χ3n) is 5.13. The molecule has 0 radical (unpaired) electrons. The van der Waals surface area contributed by atoms with Gasteiger partial charge in [0, 0.05) is 18.7 Å². The van der Waals surface area contributed by atoms with Crippen LogP contribution in [0.25, 0.3) is 22.6 Å². The van der Waals surface area contributed by atoms with E-state index in [1.54, 1.807) is 4.57 Å². The van der Waals surface area contributed by atoms with Crippen LogP contribution in [0.3, 0.4) is 0 Å². The van der Waals surface area contributed by atoms with Crippen LogP contribution < -0.4 is 16.0 Å². The molecule has 4 rings (SSSR count). The van der Waals surface area contributed by atoms with Crippen LogP contribution in [0.2, 0.25) is 0 Å². The topological polar surface area (TPSA) is 81.9 Å². The molecule has 0 bridgehead atoms. The summed E-state index contributed by atoms with van der Waals surface area (Å²) in [6.45, 7) is 5.33. The number of nitrogens with one attached hydrogen (secondary N) is 1. The van der Waals surface area contributed by atoms with Gasteiger partial charge in [-0.1, -0.05) is 44.2 Å². The zero-order valence-electron chi connectivity index (χ0n) is 17.8. The Morgan fingerprint density at radius 2 is 1.58 bits per heavy atom. The van der Waals surface area contributed by atoms with Gasteiger partial charge in [0.05, 0.1) is 0 Å². The minimum Gasteiger partial charge on any atom is -0.489 e. The van der Waals surface area contributed by atoms with Crippen LogP contribution in [-0.2, 0) is 19.7 Å². The van der Waals surface area contributed by atoms with E-state index in [0.717, 1.165) is 23.3 Å². The Kier molecular flexibility index (Phi) is 6.02. The molecule has 0 unspecified atom stereocenters. The summed E-state index contributed by atoms with van der Waals surface area (Å²) in [5, 5.41) is 0. The third-order valence-corrected chi connectivity index (χ3v) is 5.13. The molecule has 0 saturated heterocycles. The van der Waals surface area contributed by atoms with Crippen molar-refractivity contribution in [1.29, 1.82) is 0 Å². The highest BCUT2D eigenvalue weighted by Crippen LogP contribution is 2.22. The van der Waals surface area contributed by atoms with E-state index in [1.807, 2.05) is 68.4 Å². The molecule has 0 aliphatic carbocycles. The lowest BCUT2D eigenvalue weighted by Gasteiger charge is -2.09. The van der Waals surface area contributed by atoms with Gasteiger partial charge in [0.25, 0.3) is 5.56 Å². The molecule has 2 heterocycles. The SMILES string of the molecule is CCCn1c(=O)c2[nH]c(-c3ccc(OCc4ccccc4)cc3)nc2n(CCC)c1=O. The summed E-state index contributed by atoms with van der Waals surface area (Å²) < 4.78 is 8.72. The van der Waals surface area contributed by atoms with E-state index in [4.69, 9.17) is 4.74 Å². The number of ether oxygens (including phenoxy) is 1. The van der Waals surface area contributed by atoms with Gasteiger partial charge in [-0.05, 0) is 42.7 Å². The monoisotopic (exact) mass is 418 g/mol. The molecule has 2 aromatic carbocycles. The Morgan fingerprint density at radius 1 is 0.903 bits per heavy atom. The minimum atomic E-state index is -0.323. The van der Waals surface area contributed by atoms with E-state index in [1.165, 1.54) is 4.57 Å². The van der Waals surface area contributed by atoms with E-state index in [9.17, 15) is 9.59 Å². The normalized spacial score (nSPS) is 11.2. The first-order valence-electron chi connectivity index (χ1n) is 10.6. The van der Waals surface area contributed by atoms with Gasteiger partial charge < -0.3 is 9.72 Å². The summed E-state index contributed by atoms with van der Waals surface area (Å²) >= 11 is 0. The van der Waals surface area contributed by atoms with Crippen LogP contribution in [0.1, 0.15) is 32.3 Å². The van der Waals surface area contributed by atoms with Crippen molar-refractivity contribution in [2.75, 3.05) is 0 Å². The first-order chi connectivity index (χ1) is 15.1. The highest BCUT2D eigenvalue weighted by atomic mass is 16.5. The van der Waals surface area contributed by atoms with Gasteiger partial charge in [-0.25, -0.2) is 9.78 Å². The number of aryl methyl sites for hydroxylation is 1. The van der Waals surface area contributed by atoms with E-state index in [-0.39, 0.29) is 11.2 Å². The van der Waals surface area contributed by atoms with Gasteiger partial charge in [-0.15, -0.1) is 0 Å². The summed E-state index contributed by atoms with van der Waals surface area (Å²) in [4.78, 5) is 33.4. The predicted octanol–water partition coefficient (Wildman–Crippen LogP) is 3.95. The second-order valence-electron chi connectivity index (χ2n) is 7.47. The second-order valence-corrected chi connectivity index (χ2v) is 7.47. The molecule has 0 fully saturated rings. The van der Waals surface area contributed by atoms with Crippen LogP contribution in [0.5, 0.6) is 5.75 Å². The number of aromatic nitrogens is 4. The van der Waals surface area contributed by atoms with Gasteiger partial charge in [-0.2, -0.15) is 0 Å². The largest absolute Gasteiger partial charge is 0.489 e. The van der Waals surface area contributed by atoms with Gasteiger partial charge in [-0.3, -0.25) is 13.9 Å².